The van der Waals surface area contributed by atoms with Crippen molar-refractivity contribution >= 4 is 5.91 Å². The number of hydrogen-bond acceptors (Lipinski definition) is 3. The van der Waals surface area contributed by atoms with Gasteiger partial charge in [0.25, 0.3) is 0 Å². The van der Waals surface area contributed by atoms with E-state index in [1.807, 2.05) is 30.3 Å². The third kappa shape index (κ3) is 6.76. The molecule has 140 valence electrons. The van der Waals surface area contributed by atoms with Crippen LogP contribution in [0, 0.1) is 0 Å². The van der Waals surface area contributed by atoms with Gasteiger partial charge < -0.3 is 15.4 Å². The van der Waals surface area contributed by atoms with Gasteiger partial charge in [-0.1, -0.05) is 42.5 Å². The van der Waals surface area contributed by atoms with Gasteiger partial charge in [0.05, 0.1) is 6.42 Å². The molecule has 0 radical (unpaired) electrons. The van der Waals surface area contributed by atoms with E-state index in [2.05, 4.69) is 4.74 Å². The van der Waals surface area contributed by atoms with E-state index in [0.29, 0.717) is 31.6 Å². The first-order valence-corrected chi connectivity index (χ1v) is 8.24. The Labute approximate surface area is 150 Å². The summed E-state index contributed by atoms with van der Waals surface area (Å²) in [6, 6.07) is 15.1. The Kier molecular flexibility index (Phi) is 7.03. The number of nitrogens with zero attached hydrogens (tertiary/aromatic N) is 1. The zero-order valence-corrected chi connectivity index (χ0v) is 14.2. The molecule has 0 aliphatic heterocycles. The number of rotatable bonds is 8. The lowest BCUT2D eigenvalue weighted by Crippen LogP contribution is -2.37. The number of carbonyl (C=O) groups excluding carboxylic acids is 1. The van der Waals surface area contributed by atoms with Gasteiger partial charge in [-0.2, -0.15) is 0 Å². The second-order valence-corrected chi connectivity index (χ2v) is 5.77. The lowest BCUT2D eigenvalue weighted by Gasteiger charge is -2.22. The lowest BCUT2D eigenvalue weighted by atomic mass is 10.1. The Morgan fingerprint density at radius 3 is 2.19 bits per heavy atom. The van der Waals surface area contributed by atoms with E-state index in [0.717, 1.165) is 5.56 Å². The molecule has 0 aliphatic carbocycles. The first kappa shape index (κ1) is 19.8. The van der Waals surface area contributed by atoms with Crippen molar-refractivity contribution in [2.24, 2.45) is 5.73 Å². The van der Waals surface area contributed by atoms with Gasteiger partial charge in [-0.25, -0.2) is 0 Å². The van der Waals surface area contributed by atoms with E-state index in [1.54, 1.807) is 4.90 Å². The lowest BCUT2D eigenvalue weighted by molar-refractivity contribution is -0.274. The Hall–Kier alpha value is -2.54. The van der Waals surface area contributed by atoms with E-state index in [9.17, 15) is 18.0 Å². The summed E-state index contributed by atoms with van der Waals surface area (Å²) in [6.45, 7) is 1.31. The second-order valence-electron chi connectivity index (χ2n) is 5.77. The van der Waals surface area contributed by atoms with Crippen LogP contribution in [0.4, 0.5) is 13.2 Å². The van der Waals surface area contributed by atoms with Crippen LogP contribution in [-0.2, 0) is 17.6 Å². The second kappa shape index (κ2) is 9.24. The summed E-state index contributed by atoms with van der Waals surface area (Å²) in [4.78, 5) is 14.2. The average molecular weight is 366 g/mol. The standard InChI is InChI=1S/C19H21F3N2O2/c20-19(21,22)26-17-8-6-16(7-9-17)14-18(25)24(13-11-23)12-10-15-4-2-1-3-5-15/h1-9H,10-14,23H2. The van der Waals surface area contributed by atoms with Crippen LogP contribution in [0.25, 0.3) is 0 Å². The van der Waals surface area contributed by atoms with Gasteiger partial charge in [-0.3, -0.25) is 4.79 Å². The van der Waals surface area contributed by atoms with Gasteiger partial charge >= 0.3 is 6.36 Å². The van der Waals surface area contributed by atoms with E-state index < -0.39 is 6.36 Å². The largest absolute Gasteiger partial charge is 0.573 e. The monoisotopic (exact) mass is 366 g/mol. The zero-order valence-electron chi connectivity index (χ0n) is 14.2. The molecule has 2 aromatic carbocycles. The summed E-state index contributed by atoms with van der Waals surface area (Å²) >= 11 is 0. The van der Waals surface area contributed by atoms with Crippen LogP contribution in [-0.4, -0.2) is 36.8 Å². The Morgan fingerprint density at radius 2 is 1.62 bits per heavy atom. The summed E-state index contributed by atoms with van der Waals surface area (Å²) < 4.78 is 40.3. The maximum absolute atomic E-state index is 12.5. The number of hydrogen-bond donors (Lipinski definition) is 1. The number of carbonyl (C=O) groups is 1. The van der Waals surface area contributed by atoms with Gasteiger partial charge in [0.1, 0.15) is 5.75 Å². The van der Waals surface area contributed by atoms with Crippen LogP contribution < -0.4 is 10.5 Å². The van der Waals surface area contributed by atoms with Crippen molar-refractivity contribution < 1.29 is 22.7 Å². The maximum atomic E-state index is 12.5. The average Bonchev–Trinajstić information content (AvgIpc) is 2.60. The molecule has 26 heavy (non-hydrogen) atoms. The summed E-state index contributed by atoms with van der Waals surface area (Å²) in [6.07, 6.45) is -3.92. The van der Waals surface area contributed by atoms with E-state index in [1.165, 1.54) is 24.3 Å². The number of ether oxygens (including phenoxy) is 1. The third-order valence-electron chi connectivity index (χ3n) is 3.78. The highest BCUT2D eigenvalue weighted by atomic mass is 19.4. The third-order valence-corrected chi connectivity index (χ3v) is 3.78. The number of benzene rings is 2. The molecule has 0 aromatic heterocycles. The molecule has 7 heteroatoms. The predicted octanol–water partition coefficient (Wildman–Crippen LogP) is 3.16. The maximum Gasteiger partial charge on any atom is 0.573 e. The highest BCUT2D eigenvalue weighted by Crippen LogP contribution is 2.23. The molecule has 0 spiro atoms. The highest BCUT2D eigenvalue weighted by Gasteiger charge is 2.31. The SMILES string of the molecule is NCCN(CCc1ccccc1)C(=O)Cc1ccc(OC(F)(F)F)cc1. The molecule has 0 fully saturated rings. The van der Waals surface area contributed by atoms with Crippen molar-refractivity contribution in [2.75, 3.05) is 19.6 Å². The molecule has 0 saturated heterocycles. The molecule has 0 heterocycles. The molecule has 2 aromatic rings. The van der Waals surface area contributed by atoms with Crippen LogP contribution in [0.15, 0.2) is 54.6 Å². The number of halogens is 3. The van der Waals surface area contributed by atoms with Gasteiger partial charge in [-0.15, -0.1) is 13.2 Å². The van der Waals surface area contributed by atoms with Gasteiger partial charge in [0.15, 0.2) is 0 Å². The van der Waals surface area contributed by atoms with Gasteiger partial charge in [0.2, 0.25) is 5.91 Å². The van der Waals surface area contributed by atoms with Crippen LogP contribution in [0.3, 0.4) is 0 Å². The molecule has 0 saturated carbocycles. The van der Waals surface area contributed by atoms with Crippen LogP contribution in [0.5, 0.6) is 5.75 Å². The Bertz CT molecular complexity index is 688. The van der Waals surface area contributed by atoms with Crippen molar-refractivity contribution in [3.05, 3.63) is 65.7 Å². The van der Waals surface area contributed by atoms with E-state index in [-0.39, 0.29) is 18.1 Å². The smallest absolute Gasteiger partial charge is 0.406 e. The van der Waals surface area contributed by atoms with Crippen LogP contribution in [0.2, 0.25) is 0 Å². The number of amides is 1. The molecule has 2 N–H and O–H groups in total. The molecule has 4 nitrogen and oxygen atoms in total. The summed E-state index contributed by atoms with van der Waals surface area (Å²) in [5, 5.41) is 0. The van der Waals surface area contributed by atoms with Crippen molar-refractivity contribution in [1.82, 2.24) is 4.90 Å². The first-order valence-electron chi connectivity index (χ1n) is 8.24. The Balaban J connectivity index is 1.93. The fourth-order valence-electron chi connectivity index (χ4n) is 2.52. The molecular formula is C19H21F3N2O2. The molecule has 0 atom stereocenters. The normalized spacial score (nSPS) is 11.2. The van der Waals surface area contributed by atoms with E-state index in [4.69, 9.17) is 5.73 Å². The van der Waals surface area contributed by atoms with Crippen molar-refractivity contribution in [3.63, 3.8) is 0 Å². The zero-order chi connectivity index (χ0) is 19.0. The van der Waals surface area contributed by atoms with Gasteiger partial charge in [-0.05, 0) is 29.7 Å². The minimum absolute atomic E-state index is 0.0983. The van der Waals surface area contributed by atoms with Gasteiger partial charge in [0, 0.05) is 19.6 Å². The fraction of sp³-hybridized carbons (Fsp3) is 0.316. The van der Waals surface area contributed by atoms with Crippen LogP contribution in [0.1, 0.15) is 11.1 Å². The highest BCUT2D eigenvalue weighted by molar-refractivity contribution is 5.78. The molecule has 1 amide bonds. The quantitative estimate of drug-likeness (QED) is 0.781. The summed E-state index contributed by atoms with van der Waals surface area (Å²) in [5.41, 5.74) is 7.33. The molecule has 0 aliphatic rings. The minimum atomic E-state index is -4.73. The Morgan fingerprint density at radius 1 is 0.962 bits per heavy atom. The molecule has 2 rings (SSSR count). The molecule has 0 bridgehead atoms. The summed E-state index contributed by atoms with van der Waals surface area (Å²) in [7, 11) is 0. The van der Waals surface area contributed by atoms with Crippen molar-refractivity contribution in [2.45, 2.75) is 19.2 Å². The summed E-state index contributed by atoms with van der Waals surface area (Å²) in [5.74, 6) is -0.424. The van der Waals surface area contributed by atoms with E-state index >= 15 is 0 Å². The van der Waals surface area contributed by atoms with Crippen molar-refractivity contribution in [3.8, 4) is 5.75 Å². The first-order chi connectivity index (χ1) is 12.4. The predicted molar refractivity (Wildman–Crippen MR) is 92.6 cm³/mol. The fourth-order valence-corrected chi connectivity index (χ4v) is 2.52. The number of alkyl halides is 3. The topological polar surface area (TPSA) is 55.6 Å². The molecular weight excluding hydrogens is 345 g/mol. The number of nitrogens with two attached hydrogens (primary N) is 1. The molecule has 0 unspecified atom stereocenters. The van der Waals surface area contributed by atoms with Crippen LogP contribution >= 0.6 is 0 Å². The minimum Gasteiger partial charge on any atom is -0.406 e. The van der Waals surface area contributed by atoms with Crippen molar-refractivity contribution in [1.29, 1.82) is 0 Å².